The number of benzene rings is 2. The molecule has 1 atom stereocenters. The van der Waals surface area contributed by atoms with Gasteiger partial charge >= 0.3 is 0 Å². The van der Waals surface area contributed by atoms with E-state index >= 15 is 0 Å². The minimum atomic E-state index is -0.153. The first kappa shape index (κ1) is 21.8. The minimum Gasteiger partial charge on any atom is -0.352 e. The molecule has 4 rings (SSSR count). The Bertz CT molecular complexity index is 1150. The van der Waals surface area contributed by atoms with Crippen LogP contribution in [0.4, 0.5) is 5.82 Å². The Morgan fingerprint density at radius 2 is 1.66 bits per heavy atom. The van der Waals surface area contributed by atoms with Crippen molar-refractivity contribution >= 4 is 11.7 Å². The number of piperazine rings is 1. The van der Waals surface area contributed by atoms with E-state index in [-0.39, 0.29) is 17.4 Å². The van der Waals surface area contributed by atoms with Crippen molar-refractivity contribution in [2.75, 3.05) is 31.1 Å². The summed E-state index contributed by atoms with van der Waals surface area (Å²) in [6.07, 6.45) is 0.783. The Labute approximate surface area is 189 Å². The van der Waals surface area contributed by atoms with Gasteiger partial charge in [-0.1, -0.05) is 43.3 Å². The van der Waals surface area contributed by atoms with Crippen molar-refractivity contribution in [1.82, 2.24) is 14.7 Å². The molecule has 1 aliphatic rings. The van der Waals surface area contributed by atoms with E-state index in [1.807, 2.05) is 67.3 Å². The maximum Gasteiger partial charge on any atom is 0.271 e. The van der Waals surface area contributed by atoms with Crippen LogP contribution >= 0.6 is 0 Å². The second-order valence-electron chi connectivity index (χ2n) is 8.39. The van der Waals surface area contributed by atoms with E-state index in [0.717, 1.165) is 29.1 Å². The highest BCUT2D eigenvalue weighted by Gasteiger charge is 2.28. The molecule has 32 heavy (non-hydrogen) atoms. The summed E-state index contributed by atoms with van der Waals surface area (Å²) in [4.78, 5) is 29.7. The van der Waals surface area contributed by atoms with Gasteiger partial charge in [0.2, 0.25) is 5.91 Å². The zero-order chi connectivity index (χ0) is 22.7. The monoisotopic (exact) mass is 430 g/mol. The van der Waals surface area contributed by atoms with Gasteiger partial charge in [0.15, 0.2) is 0 Å². The Morgan fingerprint density at radius 3 is 2.31 bits per heavy atom. The average Bonchev–Trinajstić information content (AvgIpc) is 2.82. The standard InChI is InChI=1S/C26H30N4O2/c1-4-23(21-8-6-5-7-9-21)26(32)29-16-14-28(15-17-29)24-12-13-25(31)30(27-24)22-11-10-19(2)20(3)18-22/h5-13,18,23H,4,14-17H2,1-3H3. The van der Waals surface area contributed by atoms with Crippen molar-refractivity contribution in [3.05, 3.63) is 87.7 Å². The first-order valence-electron chi connectivity index (χ1n) is 11.2. The van der Waals surface area contributed by atoms with Gasteiger partial charge in [-0.2, -0.15) is 4.68 Å². The summed E-state index contributed by atoms with van der Waals surface area (Å²) in [5.41, 5.74) is 3.99. The summed E-state index contributed by atoms with van der Waals surface area (Å²) in [6, 6.07) is 19.3. The molecule has 166 valence electrons. The number of aryl methyl sites for hydroxylation is 2. The topological polar surface area (TPSA) is 58.4 Å². The van der Waals surface area contributed by atoms with Crippen molar-refractivity contribution in [3.8, 4) is 5.69 Å². The smallest absolute Gasteiger partial charge is 0.271 e. The van der Waals surface area contributed by atoms with Gasteiger partial charge in [0.1, 0.15) is 5.82 Å². The summed E-state index contributed by atoms with van der Waals surface area (Å²) >= 11 is 0. The maximum atomic E-state index is 13.2. The number of rotatable bonds is 5. The second kappa shape index (κ2) is 9.39. The number of amides is 1. The molecule has 1 amide bonds. The van der Waals surface area contributed by atoms with Crippen LogP contribution in [-0.2, 0) is 4.79 Å². The van der Waals surface area contributed by atoms with Crippen LogP contribution in [0.25, 0.3) is 5.69 Å². The lowest BCUT2D eigenvalue weighted by Crippen LogP contribution is -2.50. The Balaban J connectivity index is 1.48. The van der Waals surface area contributed by atoms with E-state index in [2.05, 4.69) is 16.9 Å². The first-order valence-corrected chi connectivity index (χ1v) is 11.2. The predicted molar refractivity (Wildman–Crippen MR) is 128 cm³/mol. The van der Waals surface area contributed by atoms with Gasteiger partial charge in [-0.05, 0) is 55.2 Å². The van der Waals surface area contributed by atoms with Gasteiger partial charge in [0.05, 0.1) is 11.6 Å². The van der Waals surface area contributed by atoms with Crippen LogP contribution in [0.2, 0.25) is 0 Å². The van der Waals surface area contributed by atoms with Crippen LogP contribution in [0.3, 0.4) is 0 Å². The van der Waals surface area contributed by atoms with Gasteiger partial charge in [-0.15, -0.1) is 5.10 Å². The number of anilines is 1. The average molecular weight is 431 g/mol. The highest BCUT2D eigenvalue weighted by Crippen LogP contribution is 2.23. The molecule has 0 saturated carbocycles. The SMILES string of the molecule is CCC(C(=O)N1CCN(c2ccc(=O)n(-c3ccc(C)c(C)c3)n2)CC1)c1ccccc1. The van der Waals surface area contributed by atoms with Crippen LogP contribution in [0.1, 0.15) is 36.0 Å². The van der Waals surface area contributed by atoms with Crippen molar-refractivity contribution in [3.63, 3.8) is 0 Å². The van der Waals surface area contributed by atoms with Crippen molar-refractivity contribution in [1.29, 1.82) is 0 Å². The summed E-state index contributed by atoms with van der Waals surface area (Å²) in [6.45, 7) is 8.81. The molecule has 3 aromatic rings. The zero-order valence-corrected chi connectivity index (χ0v) is 19.0. The Kier molecular flexibility index (Phi) is 6.40. The third-order valence-corrected chi connectivity index (χ3v) is 6.34. The van der Waals surface area contributed by atoms with E-state index in [0.29, 0.717) is 26.2 Å². The lowest BCUT2D eigenvalue weighted by Gasteiger charge is -2.37. The van der Waals surface area contributed by atoms with Crippen LogP contribution in [0, 0.1) is 13.8 Å². The number of carbonyl (C=O) groups excluding carboxylic acids is 1. The normalized spacial score (nSPS) is 15.0. The molecule has 0 N–H and O–H groups in total. The molecular weight excluding hydrogens is 400 g/mol. The van der Waals surface area contributed by atoms with Crippen molar-refractivity contribution in [2.45, 2.75) is 33.1 Å². The molecule has 1 saturated heterocycles. The highest BCUT2D eigenvalue weighted by atomic mass is 16.2. The Morgan fingerprint density at radius 1 is 0.938 bits per heavy atom. The fourth-order valence-corrected chi connectivity index (χ4v) is 4.23. The quantitative estimate of drug-likeness (QED) is 0.619. The van der Waals surface area contributed by atoms with E-state index in [9.17, 15) is 9.59 Å². The molecule has 1 unspecified atom stereocenters. The fourth-order valence-electron chi connectivity index (χ4n) is 4.23. The molecule has 2 aromatic carbocycles. The Hall–Kier alpha value is -3.41. The molecular formula is C26H30N4O2. The summed E-state index contributed by atoms with van der Waals surface area (Å²) < 4.78 is 1.46. The van der Waals surface area contributed by atoms with E-state index in [4.69, 9.17) is 0 Å². The molecule has 0 spiro atoms. The molecule has 0 aliphatic carbocycles. The van der Waals surface area contributed by atoms with Crippen molar-refractivity contribution < 1.29 is 4.79 Å². The fraction of sp³-hybridized carbons (Fsp3) is 0.346. The summed E-state index contributed by atoms with van der Waals surface area (Å²) in [7, 11) is 0. The third-order valence-electron chi connectivity index (χ3n) is 6.34. The number of carbonyl (C=O) groups is 1. The van der Waals surface area contributed by atoms with E-state index < -0.39 is 0 Å². The van der Waals surface area contributed by atoms with E-state index in [1.54, 1.807) is 12.1 Å². The van der Waals surface area contributed by atoms with Gasteiger partial charge in [-0.3, -0.25) is 9.59 Å². The number of aromatic nitrogens is 2. The highest BCUT2D eigenvalue weighted by molar-refractivity contribution is 5.84. The number of nitrogens with zero attached hydrogens (tertiary/aromatic N) is 4. The second-order valence-corrected chi connectivity index (χ2v) is 8.39. The number of hydrogen-bond donors (Lipinski definition) is 0. The molecule has 2 heterocycles. The van der Waals surface area contributed by atoms with Crippen LogP contribution in [0.15, 0.2) is 65.5 Å². The zero-order valence-electron chi connectivity index (χ0n) is 19.0. The molecule has 1 aromatic heterocycles. The molecule has 0 bridgehead atoms. The lowest BCUT2D eigenvalue weighted by atomic mass is 9.95. The molecule has 6 nitrogen and oxygen atoms in total. The number of hydrogen-bond acceptors (Lipinski definition) is 4. The van der Waals surface area contributed by atoms with Crippen LogP contribution in [0.5, 0.6) is 0 Å². The molecule has 0 radical (unpaired) electrons. The van der Waals surface area contributed by atoms with Gasteiger partial charge in [0.25, 0.3) is 5.56 Å². The predicted octanol–water partition coefficient (Wildman–Crippen LogP) is 3.69. The van der Waals surface area contributed by atoms with Crippen molar-refractivity contribution in [2.24, 2.45) is 0 Å². The van der Waals surface area contributed by atoms with Gasteiger partial charge < -0.3 is 9.80 Å². The van der Waals surface area contributed by atoms with Crippen LogP contribution < -0.4 is 10.5 Å². The molecule has 6 heteroatoms. The van der Waals surface area contributed by atoms with Gasteiger partial charge in [-0.25, -0.2) is 0 Å². The lowest BCUT2D eigenvalue weighted by molar-refractivity contribution is -0.133. The first-order chi connectivity index (χ1) is 15.5. The summed E-state index contributed by atoms with van der Waals surface area (Å²) in [5.74, 6) is 0.837. The largest absolute Gasteiger partial charge is 0.352 e. The van der Waals surface area contributed by atoms with Gasteiger partial charge in [0, 0.05) is 32.2 Å². The summed E-state index contributed by atoms with van der Waals surface area (Å²) in [5, 5.41) is 4.63. The van der Waals surface area contributed by atoms with E-state index in [1.165, 1.54) is 10.2 Å². The van der Waals surface area contributed by atoms with Crippen LogP contribution in [-0.4, -0.2) is 46.8 Å². The molecule has 1 fully saturated rings. The third kappa shape index (κ3) is 4.44. The maximum absolute atomic E-state index is 13.2. The molecule has 1 aliphatic heterocycles. The minimum absolute atomic E-state index is 0.104.